The lowest BCUT2D eigenvalue weighted by Gasteiger charge is -2.01. The number of aromatic nitrogens is 2. The molecular formula is C22H13N3O2S2. The van der Waals surface area contributed by atoms with Gasteiger partial charge in [0.15, 0.2) is 0 Å². The predicted molar refractivity (Wildman–Crippen MR) is 119 cm³/mol. The zero-order valence-electron chi connectivity index (χ0n) is 15.0. The summed E-state index contributed by atoms with van der Waals surface area (Å²) in [5, 5.41) is 12.9. The molecule has 0 saturated carbocycles. The van der Waals surface area contributed by atoms with E-state index in [1.54, 1.807) is 34.8 Å². The highest BCUT2D eigenvalue weighted by atomic mass is 32.1. The maximum absolute atomic E-state index is 11.2. The molecular weight excluding hydrogens is 402 g/mol. The smallest absolute Gasteiger partial charge is 0.258 e. The van der Waals surface area contributed by atoms with Gasteiger partial charge in [-0.2, -0.15) is 0 Å². The number of nitro benzene ring substituents is 1. The highest BCUT2D eigenvalue weighted by Gasteiger charge is 2.16. The van der Waals surface area contributed by atoms with Crippen LogP contribution in [-0.4, -0.2) is 14.9 Å². The van der Waals surface area contributed by atoms with Gasteiger partial charge in [-0.25, -0.2) is 9.97 Å². The maximum Gasteiger partial charge on any atom is 0.270 e. The summed E-state index contributed by atoms with van der Waals surface area (Å²) in [5.74, 6) is 0. The van der Waals surface area contributed by atoms with Crippen molar-refractivity contribution in [2.24, 2.45) is 0 Å². The summed E-state index contributed by atoms with van der Waals surface area (Å²) in [6.07, 6.45) is 1.93. The Morgan fingerprint density at radius 1 is 0.828 bits per heavy atom. The summed E-state index contributed by atoms with van der Waals surface area (Å²) in [6, 6.07) is 22.6. The van der Waals surface area contributed by atoms with Gasteiger partial charge >= 0.3 is 0 Å². The highest BCUT2D eigenvalue weighted by Crippen LogP contribution is 2.36. The monoisotopic (exact) mass is 415 g/mol. The lowest BCUT2D eigenvalue weighted by molar-refractivity contribution is -0.384. The molecule has 0 bridgehead atoms. The number of thiazole rings is 2. The molecule has 7 heteroatoms. The molecule has 0 spiro atoms. The van der Waals surface area contributed by atoms with Crippen molar-refractivity contribution >= 4 is 60.4 Å². The SMILES string of the molecule is O=[N+]([O-])c1cccc(C=C(c2nc3ccccc3s2)c2nc3ccccc3s2)c1. The van der Waals surface area contributed by atoms with E-state index in [1.807, 2.05) is 60.7 Å². The Kier molecular flexibility index (Phi) is 4.38. The molecule has 2 heterocycles. The average Bonchev–Trinajstić information content (AvgIpc) is 3.36. The van der Waals surface area contributed by atoms with Crippen molar-refractivity contribution in [2.45, 2.75) is 0 Å². The summed E-state index contributed by atoms with van der Waals surface area (Å²) >= 11 is 3.19. The second-order valence-corrected chi connectivity index (χ2v) is 8.44. The van der Waals surface area contributed by atoms with Crippen LogP contribution >= 0.6 is 22.7 Å². The van der Waals surface area contributed by atoms with E-state index in [4.69, 9.17) is 9.97 Å². The molecule has 0 aliphatic rings. The van der Waals surface area contributed by atoms with Crippen LogP contribution in [0.15, 0.2) is 72.8 Å². The number of benzene rings is 3. The highest BCUT2D eigenvalue weighted by molar-refractivity contribution is 7.22. The van der Waals surface area contributed by atoms with Crippen molar-refractivity contribution in [3.8, 4) is 0 Å². The average molecular weight is 415 g/mol. The number of nitro groups is 1. The van der Waals surface area contributed by atoms with Gasteiger partial charge in [0.05, 0.1) is 25.4 Å². The Balaban J connectivity index is 1.72. The molecule has 5 nitrogen and oxygen atoms in total. The summed E-state index contributed by atoms with van der Waals surface area (Å²) in [6.45, 7) is 0. The quantitative estimate of drug-likeness (QED) is 0.251. The van der Waals surface area contributed by atoms with E-state index in [0.717, 1.165) is 41.6 Å². The number of hydrogen-bond donors (Lipinski definition) is 0. The van der Waals surface area contributed by atoms with Crippen LogP contribution in [0.3, 0.4) is 0 Å². The number of nitrogens with zero attached hydrogens (tertiary/aromatic N) is 3. The van der Waals surface area contributed by atoms with Crippen molar-refractivity contribution in [3.05, 3.63) is 98.5 Å². The second-order valence-electron chi connectivity index (χ2n) is 6.38. The second kappa shape index (κ2) is 7.20. The van der Waals surface area contributed by atoms with Crippen molar-refractivity contribution in [1.29, 1.82) is 0 Å². The minimum atomic E-state index is -0.383. The minimum absolute atomic E-state index is 0.0618. The predicted octanol–water partition coefficient (Wildman–Crippen LogP) is 6.40. The normalized spacial score (nSPS) is 11.0. The zero-order chi connectivity index (χ0) is 19.8. The fourth-order valence-electron chi connectivity index (χ4n) is 3.08. The fourth-order valence-corrected chi connectivity index (χ4v) is 5.11. The molecule has 0 fully saturated rings. The lowest BCUT2D eigenvalue weighted by atomic mass is 10.1. The van der Waals surface area contributed by atoms with Gasteiger partial charge in [-0.3, -0.25) is 10.1 Å². The van der Waals surface area contributed by atoms with Crippen LogP contribution in [0.25, 0.3) is 32.1 Å². The van der Waals surface area contributed by atoms with Crippen LogP contribution < -0.4 is 0 Å². The molecule has 140 valence electrons. The van der Waals surface area contributed by atoms with Crippen LogP contribution in [0.1, 0.15) is 15.6 Å². The maximum atomic E-state index is 11.2. The lowest BCUT2D eigenvalue weighted by Crippen LogP contribution is -1.89. The molecule has 0 amide bonds. The minimum Gasteiger partial charge on any atom is -0.258 e. The molecule has 0 atom stereocenters. The van der Waals surface area contributed by atoms with Gasteiger partial charge in [-0.15, -0.1) is 22.7 Å². The first kappa shape index (κ1) is 17.7. The third-order valence-corrected chi connectivity index (χ3v) is 6.58. The van der Waals surface area contributed by atoms with Gasteiger partial charge in [-0.1, -0.05) is 36.4 Å². The Morgan fingerprint density at radius 2 is 1.41 bits per heavy atom. The Bertz CT molecular complexity index is 1260. The van der Waals surface area contributed by atoms with E-state index < -0.39 is 0 Å². The summed E-state index contributed by atoms with van der Waals surface area (Å²) in [5.41, 5.74) is 3.53. The standard InChI is InChI=1S/C22H13N3O2S2/c26-25(27)15-7-5-6-14(12-15)13-16(21-23-17-8-1-3-10-19(17)28-21)22-24-18-9-2-4-11-20(18)29-22/h1-13H. The van der Waals surface area contributed by atoms with E-state index in [9.17, 15) is 10.1 Å². The molecule has 0 saturated heterocycles. The molecule has 0 aliphatic carbocycles. The van der Waals surface area contributed by atoms with Gasteiger partial charge in [0.25, 0.3) is 5.69 Å². The number of para-hydroxylation sites is 2. The molecule has 0 unspecified atom stereocenters. The zero-order valence-corrected chi connectivity index (χ0v) is 16.6. The molecule has 0 N–H and O–H groups in total. The van der Waals surface area contributed by atoms with E-state index in [-0.39, 0.29) is 10.6 Å². The Hall–Kier alpha value is -3.42. The van der Waals surface area contributed by atoms with Gasteiger partial charge in [0, 0.05) is 17.7 Å². The number of rotatable bonds is 4. The summed E-state index contributed by atoms with van der Waals surface area (Å²) in [7, 11) is 0. The number of hydrogen-bond acceptors (Lipinski definition) is 6. The number of fused-ring (bicyclic) bond motifs is 2. The van der Waals surface area contributed by atoms with E-state index in [2.05, 4.69) is 0 Å². The molecule has 0 radical (unpaired) electrons. The van der Waals surface area contributed by atoms with E-state index in [0.29, 0.717) is 0 Å². The molecule has 2 aromatic heterocycles. The van der Waals surface area contributed by atoms with E-state index >= 15 is 0 Å². The third kappa shape index (κ3) is 3.41. The van der Waals surface area contributed by atoms with Crippen molar-refractivity contribution < 1.29 is 4.92 Å². The molecule has 29 heavy (non-hydrogen) atoms. The topological polar surface area (TPSA) is 68.9 Å². The van der Waals surface area contributed by atoms with Gasteiger partial charge in [-0.05, 0) is 35.9 Å². The fraction of sp³-hybridized carbons (Fsp3) is 0. The van der Waals surface area contributed by atoms with Gasteiger partial charge < -0.3 is 0 Å². The van der Waals surface area contributed by atoms with Gasteiger partial charge in [0.1, 0.15) is 10.0 Å². The van der Waals surface area contributed by atoms with Crippen molar-refractivity contribution in [2.75, 3.05) is 0 Å². The molecule has 5 aromatic rings. The van der Waals surface area contributed by atoms with Crippen molar-refractivity contribution in [3.63, 3.8) is 0 Å². The number of non-ortho nitro benzene ring substituents is 1. The summed E-state index contributed by atoms with van der Waals surface area (Å²) in [4.78, 5) is 20.4. The van der Waals surface area contributed by atoms with E-state index in [1.165, 1.54) is 6.07 Å². The Labute approximate surface area is 173 Å². The van der Waals surface area contributed by atoms with Crippen molar-refractivity contribution in [1.82, 2.24) is 9.97 Å². The third-order valence-electron chi connectivity index (χ3n) is 4.44. The van der Waals surface area contributed by atoms with Crippen LogP contribution in [0.2, 0.25) is 0 Å². The Morgan fingerprint density at radius 3 is 1.97 bits per heavy atom. The largest absolute Gasteiger partial charge is 0.270 e. The van der Waals surface area contributed by atoms with Crippen LogP contribution in [0.5, 0.6) is 0 Å². The van der Waals surface area contributed by atoms with Crippen LogP contribution in [-0.2, 0) is 0 Å². The first-order chi connectivity index (χ1) is 14.2. The van der Waals surface area contributed by atoms with Gasteiger partial charge in [0.2, 0.25) is 0 Å². The first-order valence-electron chi connectivity index (χ1n) is 8.85. The molecule has 3 aromatic carbocycles. The van der Waals surface area contributed by atoms with Crippen LogP contribution in [0.4, 0.5) is 5.69 Å². The van der Waals surface area contributed by atoms with Crippen LogP contribution in [0, 0.1) is 10.1 Å². The molecule has 5 rings (SSSR count). The summed E-state index contributed by atoms with van der Waals surface area (Å²) < 4.78 is 2.18. The first-order valence-corrected chi connectivity index (χ1v) is 10.5. The molecule has 0 aliphatic heterocycles.